The van der Waals surface area contributed by atoms with Gasteiger partial charge < -0.3 is 11.1 Å². The number of anilines is 1. The zero-order valence-corrected chi connectivity index (χ0v) is 10.7. The van der Waals surface area contributed by atoms with E-state index in [-0.39, 0.29) is 5.92 Å². The van der Waals surface area contributed by atoms with E-state index in [9.17, 15) is 10.5 Å². The Balaban J connectivity index is 2.65. The number of nitrogen functional groups attached to an aromatic ring is 1. The standard InChI is InChI=1S/C14H13N5/c1-8-11(6-15)14(12(7-16)9(2)19-8)10-3-4-18-13(17)5-10/h3-5,14,19H,1-2H3,(H2,17,18). The third kappa shape index (κ3) is 2.14. The average molecular weight is 251 g/mol. The Morgan fingerprint density at radius 2 is 1.79 bits per heavy atom. The first-order chi connectivity index (χ1) is 9.08. The lowest BCUT2D eigenvalue weighted by atomic mass is 9.82. The fourth-order valence-corrected chi connectivity index (χ4v) is 2.27. The van der Waals surface area contributed by atoms with Crippen molar-refractivity contribution >= 4 is 5.82 Å². The average Bonchev–Trinajstić information content (AvgIpc) is 2.38. The Hall–Kier alpha value is -2.79. The van der Waals surface area contributed by atoms with Gasteiger partial charge in [-0.1, -0.05) is 0 Å². The fraction of sp³-hybridized carbons (Fsp3) is 0.214. The number of nitrogens with two attached hydrogens (primary N) is 1. The molecule has 1 aliphatic rings. The molecule has 0 aromatic carbocycles. The van der Waals surface area contributed by atoms with Gasteiger partial charge in [-0.3, -0.25) is 0 Å². The van der Waals surface area contributed by atoms with Crippen LogP contribution in [0.25, 0.3) is 0 Å². The van der Waals surface area contributed by atoms with Crippen molar-refractivity contribution in [3.8, 4) is 12.1 Å². The SMILES string of the molecule is CC1=C(C#N)C(c2ccnc(N)c2)C(C#N)=C(C)N1. The molecule has 0 radical (unpaired) electrons. The van der Waals surface area contributed by atoms with Gasteiger partial charge >= 0.3 is 0 Å². The molecule has 2 rings (SSSR count). The topological polar surface area (TPSA) is 98.5 Å². The highest BCUT2D eigenvalue weighted by Gasteiger charge is 2.29. The van der Waals surface area contributed by atoms with Crippen LogP contribution in [-0.2, 0) is 0 Å². The van der Waals surface area contributed by atoms with Crippen molar-refractivity contribution in [1.29, 1.82) is 10.5 Å². The summed E-state index contributed by atoms with van der Waals surface area (Å²) in [5.74, 6) is 0.00229. The van der Waals surface area contributed by atoms with Crippen LogP contribution in [0.15, 0.2) is 40.9 Å². The molecular weight excluding hydrogens is 238 g/mol. The summed E-state index contributed by atoms with van der Waals surface area (Å²) in [5, 5.41) is 21.7. The van der Waals surface area contributed by atoms with E-state index >= 15 is 0 Å². The first-order valence-corrected chi connectivity index (χ1v) is 5.78. The molecule has 2 heterocycles. The monoisotopic (exact) mass is 251 g/mol. The van der Waals surface area contributed by atoms with Crippen molar-refractivity contribution in [3.05, 3.63) is 46.4 Å². The molecular formula is C14H13N5. The summed E-state index contributed by atoms with van der Waals surface area (Å²) in [6, 6.07) is 7.83. The van der Waals surface area contributed by atoms with Gasteiger partial charge in [0.15, 0.2) is 0 Å². The van der Waals surface area contributed by atoms with E-state index in [4.69, 9.17) is 5.73 Å². The predicted molar refractivity (Wildman–Crippen MR) is 71.2 cm³/mol. The van der Waals surface area contributed by atoms with Crippen molar-refractivity contribution in [1.82, 2.24) is 10.3 Å². The summed E-state index contributed by atoms with van der Waals surface area (Å²) in [5.41, 5.74) is 9.09. The first-order valence-electron chi connectivity index (χ1n) is 5.78. The van der Waals surface area contributed by atoms with Gasteiger partial charge in [0, 0.05) is 17.6 Å². The van der Waals surface area contributed by atoms with Gasteiger partial charge in [0.2, 0.25) is 0 Å². The molecule has 1 aromatic heterocycles. The Kier molecular flexibility index (Phi) is 3.22. The first kappa shape index (κ1) is 12.7. The molecule has 0 amide bonds. The van der Waals surface area contributed by atoms with Crippen LogP contribution < -0.4 is 11.1 Å². The van der Waals surface area contributed by atoms with Gasteiger partial charge in [-0.05, 0) is 31.5 Å². The molecule has 0 unspecified atom stereocenters. The number of nitrogens with one attached hydrogen (secondary N) is 1. The van der Waals surface area contributed by atoms with Crippen molar-refractivity contribution in [2.24, 2.45) is 0 Å². The van der Waals surface area contributed by atoms with Crippen LogP contribution in [0.5, 0.6) is 0 Å². The minimum Gasteiger partial charge on any atom is -0.384 e. The zero-order valence-electron chi connectivity index (χ0n) is 10.7. The molecule has 0 spiro atoms. The highest BCUT2D eigenvalue weighted by Crippen LogP contribution is 2.37. The number of nitriles is 2. The Morgan fingerprint density at radius 3 is 2.26 bits per heavy atom. The molecule has 0 saturated heterocycles. The van der Waals surface area contributed by atoms with Crippen molar-refractivity contribution in [2.45, 2.75) is 19.8 Å². The maximum Gasteiger partial charge on any atom is 0.123 e. The summed E-state index contributed by atoms with van der Waals surface area (Å²) in [4.78, 5) is 3.94. The number of hydrogen-bond donors (Lipinski definition) is 2. The second-order valence-electron chi connectivity index (χ2n) is 4.37. The molecule has 19 heavy (non-hydrogen) atoms. The van der Waals surface area contributed by atoms with Crippen molar-refractivity contribution < 1.29 is 0 Å². The van der Waals surface area contributed by atoms with Gasteiger partial charge in [0.05, 0.1) is 29.2 Å². The van der Waals surface area contributed by atoms with E-state index in [1.165, 1.54) is 0 Å². The molecule has 5 heteroatoms. The molecule has 94 valence electrons. The van der Waals surface area contributed by atoms with Gasteiger partial charge in [-0.25, -0.2) is 4.98 Å². The van der Waals surface area contributed by atoms with Crippen molar-refractivity contribution in [2.75, 3.05) is 5.73 Å². The minimum absolute atomic E-state index is 0.374. The number of nitrogens with zero attached hydrogens (tertiary/aromatic N) is 3. The van der Waals surface area contributed by atoms with E-state index < -0.39 is 0 Å². The van der Waals surface area contributed by atoms with Gasteiger partial charge in [0.1, 0.15) is 5.82 Å². The highest BCUT2D eigenvalue weighted by molar-refractivity contribution is 5.56. The molecule has 1 aliphatic heterocycles. The number of aromatic nitrogens is 1. The molecule has 0 fully saturated rings. The van der Waals surface area contributed by atoms with E-state index in [1.807, 2.05) is 13.8 Å². The number of allylic oxidation sites excluding steroid dienone is 4. The molecule has 0 aliphatic carbocycles. The van der Waals surface area contributed by atoms with Crippen LogP contribution in [0.2, 0.25) is 0 Å². The Labute approximate surface area is 111 Å². The predicted octanol–water partition coefficient (Wildman–Crippen LogP) is 1.95. The molecule has 0 saturated carbocycles. The normalized spacial score (nSPS) is 15.8. The lowest BCUT2D eigenvalue weighted by molar-refractivity contribution is 0.813. The lowest BCUT2D eigenvalue weighted by Crippen LogP contribution is -2.23. The Bertz CT molecular complexity index is 634. The fourth-order valence-electron chi connectivity index (χ4n) is 2.27. The highest BCUT2D eigenvalue weighted by atomic mass is 14.9. The second kappa shape index (κ2) is 4.83. The van der Waals surface area contributed by atoms with E-state index in [2.05, 4.69) is 22.4 Å². The number of hydrogen-bond acceptors (Lipinski definition) is 5. The summed E-state index contributed by atoms with van der Waals surface area (Å²) < 4.78 is 0. The third-order valence-electron chi connectivity index (χ3n) is 3.14. The quantitative estimate of drug-likeness (QED) is 0.794. The van der Waals surface area contributed by atoms with Crippen molar-refractivity contribution in [3.63, 3.8) is 0 Å². The minimum atomic E-state index is -0.374. The molecule has 0 bridgehead atoms. The van der Waals surface area contributed by atoms with Gasteiger partial charge in [-0.2, -0.15) is 10.5 Å². The van der Waals surface area contributed by atoms with E-state index in [0.717, 1.165) is 17.0 Å². The maximum absolute atomic E-state index is 9.34. The van der Waals surface area contributed by atoms with Gasteiger partial charge in [-0.15, -0.1) is 0 Å². The zero-order chi connectivity index (χ0) is 14.0. The maximum atomic E-state index is 9.34. The summed E-state index contributed by atoms with van der Waals surface area (Å²) >= 11 is 0. The second-order valence-corrected chi connectivity index (χ2v) is 4.37. The van der Waals surface area contributed by atoms with Crippen LogP contribution in [0.4, 0.5) is 5.82 Å². The smallest absolute Gasteiger partial charge is 0.123 e. The van der Waals surface area contributed by atoms with Crippen LogP contribution in [-0.4, -0.2) is 4.98 Å². The third-order valence-corrected chi connectivity index (χ3v) is 3.14. The number of pyridine rings is 1. The molecule has 0 atom stereocenters. The van der Waals surface area contributed by atoms with Crippen LogP contribution in [0.1, 0.15) is 25.3 Å². The number of dihydropyridines is 1. The molecule has 3 N–H and O–H groups in total. The van der Waals surface area contributed by atoms with Crippen LogP contribution in [0.3, 0.4) is 0 Å². The lowest BCUT2D eigenvalue weighted by Gasteiger charge is -2.26. The summed E-state index contributed by atoms with van der Waals surface area (Å²) in [6.45, 7) is 3.65. The van der Waals surface area contributed by atoms with Gasteiger partial charge in [0.25, 0.3) is 0 Å². The molecule has 5 nitrogen and oxygen atoms in total. The largest absolute Gasteiger partial charge is 0.384 e. The summed E-state index contributed by atoms with van der Waals surface area (Å²) in [6.07, 6.45) is 1.58. The molecule has 1 aromatic rings. The number of rotatable bonds is 1. The van der Waals surface area contributed by atoms with Crippen LogP contribution >= 0.6 is 0 Å². The summed E-state index contributed by atoms with van der Waals surface area (Å²) in [7, 11) is 0. The van der Waals surface area contributed by atoms with E-state index in [0.29, 0.717) is 17.0 Å². The van der Waals surface area contributed by atoms with Crippen LogP contribution in [0, 0.1) is 22.7 Å². The Morgan fingerprint density at radius 1 is 1.21 bits per heavy atom. The van der Waals surface area contributed by atoms with E-state index in [1.54, 1.807) is 18.3 Å².